The number of fused-ring (bicyclic) bond motifs is 1. The molecule has 2 aromatic rings. The highest BCUT2D eigenvalue weighted by molar-refractivity contribution is 7.99. The summed E-state index contributed by atoms with van der Waals surface area (Å²) in [5, 5.41) is 11.1. The minimum atomic E-state index is -4.45. The summed E-state index contributed by atoms with van der Waals surface area (Å²) in [4.78, 5) is 15.0. The molecule has 1 amide bonds. The molecule has 0 atom stereocenters. The fraction of sp³-hybridized carbons (Fsp3) is 0.650. The van der Waals surface area contributed by atoms with E-state index in [1.54, 1.807) is 0 Å². The number of carbonyl (C=O) groups excluding carboxylic acids is 1. The van der Waals surface area contributed by atoms with Crippen LogP contribution in [0, 0.1) is 0 Å². The Hall–Kier alpha value is -1.85. The Labute approximate surface area is 182 Å². The van der Waals surface area contributed by atoms with Crippen LogP contribution in [0.5, 0.6) is 0 Å². The SMILES string of the molecule is O=C(CSc1nnc2ccc(C(F)(F)F)cn12)NCC1(N2CCOCC2)CCCCC1. The number of morpholine rings is 1. The number of alkyl halides is 3. The first-order valence-electron chi connectivity index (χ1n) is 10.5. The van der Waals surface area contributed by atoms with Crippen molar-refractivity contribution >= 4 is 23.3 Å². The summed E-state index contributed by atoms with van der Waals surface area (Å²) in [6.45, 7) is 3.75. The van der Waals surface area contributed by atoms with Crippen molar-refractivity contribution in [3.63, 3.8) is 0 Å². The van der Waals surface area contributed by atoms with E-state index in [9.17, 15) is 18.0 Å². The first-order chi connectivity index (χ1) is 14.9. The van der Waals surface area contributed by atoms with Gasteiger partial charge < -0.3 is 10.1 Å². The third-order valence-electron chi connectivity index (χ3n) is 6.11. The molecule has 2 fully saturated rings. The van der Waals surface area contributed by atoms with E-state index in [0.717, 1.165) is 62.8 Å². The van der Waals surface area contributed by atoms with Crippen LogP contribution < -0.4 is 5.32 Å². The maximum atomic E-state index is 13.0. The van der Waals surface area contributed by atoms with Gasteiger partial charge in [-0.15, -0.1) is 10.2 Å². The zero-order valence-electron chi connectivity index (χ0n) is 17.2. The molecule has 0 radical (unpaired) electrons. The monoisotopic (exact) mass is 457 g/mol. The number of nitrogens with zero attached hydrogens (tertiary/aromatic N) is 4. The van der Waals surface area contributed by atoms with E-state index in [0.29, 0.717) is 25.4 Å². The number of hydrogen-bond donors (Lipinski definition) is 1. The van der Waals surface area contributed by atoms with Crippen LogP contribution in [0.1, 0.15) is 37.7 Å². The van der Waals surface area contributed by atoms with Crippen molar-refractivity contribution in [3.8, 4) is 0 Å². The van der Waals surface area contributed by atoms with Crippen LogP contribution >= 0.6 is 11.8 Å². The van der Waals surface area contributed by atoms with Crippen LogP contribution in [0.2, 0.25) is 0 Å². The van der Waals surface area contributed by atoms with Crippen LogP contribution in [0.15, 0.2) is 23.5 Å². The number of thioether (sulfide) groups is 1. The molecule has 0 unspecified atom stereocenters. The Bertz CT molecular complexity index is 908. The second-order valence-electron chi connectivity index (χ2n) is 8.08. The predicted molar refractivity (Wildman–Crippen MR) is 110 cm³/mol. The van der Waals surface area contributed by atoms with Gasteiger partial charge in [0.15, 0.2) is 10.8 Å². The van der Waals surface area contributed by atoms with Crippen LogP contribution in [0.3, 0.4) is 0 Å². The number of rotatable bonds is 6. The summed E-state index contributed by atoms with van der Waals surface area (Å²) < 4.78 is 45.8. The molecule has 2 aliphatic rings. The molecular weight excluding hydrogens is 431 g/mol. The van der Waals surface area contributed by atoms with Crippen molar-refractivity contribution in [1.82, 2.24) is 24.8 Å². The molecule has 3 heterocycles. The molecule has 170 valence electrons. The molecule has 1 saturated carbocycles. The zero-order valence-corrected chi connectivity index (χ0v) is 18.0. The molecule has 0 aromatic carbocycles. The van der Waals surface area contributed by atoms with Gasteiger partial charge in [0, 0.05) is 31.4 Å². The molecule has 1 aliphatic carbocycles. The number of nitrogens with one attached hydrogen (secondary N) is 1. The standard InChI is InChI=1S/C20H26F3N5O2S/c21-20(22,23)15-4-5-16-25-26-18(28(16)12-15)31-13-17(29)24-14-19(6-2-1-3-7-19)27-8-10-30-11-9-27/h4-5,12H,1-3,6-11,13-14H2,(H,24,29). The van der Waals surface area contributed by atoms with Gasteiger partial charge in [-0.1, -0.05) is 31.0 Å². The number of aromatic nitrogens is 3. The van der Waals surface area contributed by atoms with Crippen LogP contribution in [-0.2, 0) is 15.7 Å². The number of ether oxygens (including phenoxy) is 1. The third-order valence-corrected chi connectivity index (χ3v) is 7.05. The maximum Gasteiger partial charge on any atom is 0.417 e. The van der Waals surface area contributed by atoms with Gasteiger partial charge >= 0.3 is 6.18 Å². The first kappa shape index (κ1) is 22.3. The average molecular weight is 458 g/mol. The Balaban J connectivity index is 1.37. The van der Waals surface area contributed by atoms with Crippen molar-refractivity contribution in [2.75, 3.05) is 38.6 Å². The number of amides is 1. The molecule has 4 rings (SSSR count). The van der Waals surface area contributed by atoms with Crippen molar-refractivity contribution in [2.45, 2.75) is 49.0 Å². The summed E-state index contributed by atoms with van der Waals surface area (Å²) in [7, 11) is 0. The van der Waals surface area contributed by atoms with Crippen LogP contribution in [0.25, 0.3) is 5.65 Å². The number of pyridine rings is 1. The number of hydrogen-bond acceptors (Lipinski definition) is 6. The number of halogens is 3. The minimum Gasteiger partial charge on any atom is -0.379 e. The van der Waals surface area contributed by atoms with Crippen LogP contribution in [-0.4, -0.2) is 69.5 Å². The zero-order chi connectivity index (χ0) is 21.9. The van der Waals surface area contributed by atoms with Gasteiger partial charge in [0.1, 0.15) is 0 Å². The second-order valence-corrected chi connectivity index (χ2v) is 9.02. The average Bonchev–Trinajstić information content (AvgIpc) is 3.19. The Kier molecular flexibility index (Phi) is 6.73. The third kappa shape index (κ3) is 5.15. The molecule has 7 nitrogen and oxygen atoms in total. The lowest BCUT2D eigenvalue weighted by atomic mass is 9.79. The highest BCUT2D eigenvalue weighted by Crippen LogP contribution is 2.34. The van der Waals surface area contributed by atoms with E-state index < -0.39 is 11.7 Å². The second kappa shape index (κ2) is 9.33. The topological polar surface area (TPSA) is 71.8 Å². The Morgan fingerprint density at radius 1 is 1.16 bits per heavy atom. The largest absolute Gasteiger partial charge is 0.417 e. The van der Waals surface area contributed by atoms with Gasteiger partial charge in [0.25, 0.3) is 0 Å². The maximum absolute atomic E-state index is 13.0. The van der Waals surface area contributed by atoms with E-state index in [4.69, 9.17) is 4.74 Å². The van der Waals surface area contributed by atoms with E-state index in [-0.39, 0.29) is 22.4 Å². The van der Waals surface area contributed by atoms with Crippen molar-refractivity contribution in [2.24, 2.45) is 0 Å². The Morgan fingerprint density at radius 2 is 1.90 bits per heavy atom. The molecule has 11 heteroatoms. The van der Waals surface area contributed by atoms with Crippen molar-refractivity contribution in [3.05, 3.63) is 23.9 Å². The van der Waals surface area contributed by atoms with E-state index in [1.807, 2.05) is 0 Å². The predicted octanol–water partition coefficient (Wildman–Crippen LogP) is 2.99. The molecule has 2 aromatic heterocycles. The summed E-state index contributed by atoms with van der Waals surface area (Å²) >= 11 is 1.08. The molecule has 0 bridgehead atoms. The quantitative estimate of drug-likeness (QED) is 0.673. The summed E-state index contributed by atoms with van der Waals surface area (Å²) in [6.07, 6.45) is 2.13. The highest BCUT2D eigenvalue weighted by Gasteiger charge is 2.38. The molecule has 1 N–H and O–H groups in total. The fourth-order valence-electron chi connectivity index (χ4n) is 4.43. The highest BCUT2D eigenvalue weighted by atomic mass is 32.2. The smallest absolute Gasteiger partial charge is 0.379 e. The lowest BCUT2D eigenvalue weighted by Gasteiger charge is -2.48. The van der Waals surface area contributed by atoms with Gasteiger partial charge in [0.05, 0.1) is 24.5 Å². The normalized spacial score (nSPS) is 20.1. The van der Waals surface area contributed by atoms with E-state index in [1.165, 1.54) is 16.9 Å². The minimum absolute atomic E-state index is 0.0362. The van der Waals surface area contributed by atoms with Gasteiger partial charge in [-0.05, 0) is 25.0 Å². The molecule has 1 saturated heterocycles. The van der Waals surface area contributed by atoms with Crippen molar-refractivity contribution in [1.29, 1.82) is 0 Å². The first-order valence-corrected chi connectivity index (χ1v) is 11.5. The molecular formula is C20H26F3N5O2S. The summed E-state index contributed by atoms with van der Waals surface area (Å²) in [6, 6.07) is 2.25. The Morgan fingerprint density at radius 3 is 2.61 bits per heavy atom. The van der Waals surface area contributed by atoms with Gasteiger partial charge in [-0.3, -0.25) is 14.1 Å². The van der Waals surface area contributed by atoms with Gasteiger partial charge in [-0.2, -0.15) is 13.2 Å². The molecule has 1 aliphatic heterocycles. The van der Waals surface area contributed by atoms with Gasteiger partial charge in [0.2, 0.25) is 5.91 Å². The summed E-state index contributed by atoms with van der Waals surface area (Å²) in [5.74, 6) is -0.0945. The fourth-order valence-corrected chi connectivity index (χ4v) is 5.18. The van der Waals surface area contributed by atoms with Crippen molar-refractivity contribution < 1.29 is 22.7 Å². The summed E-state index contributed by atoms with van der Waals surface area (Å²) in [5.41, 5.74) is -0.508. The van der Waals surface area contributed by atoms with Crippen LogP contribution in [0.4, 0.5) is 13.2 Å². The van der Waals surface area contributed by atoms with E-state index >= 15 is 0 Å². The molecule has 0 spiro atoms. The van der Waals surface area contributed by atoms with Gasteiger partial charge in [-0.25, -0.2) is 0 Å². The lowest BCUT2D eigenvalue weighted by Crippen LogP contribution is -2.59. The number of carbonyl (C=O) groups is 1. The lowest BCUT2D eigenvalue weighted by molar-refractivity contribution is -0.137. The van der Waals surface area contributed by atoms with E-state index in [2.05, 4.69) is 20.4 Å². The molecule has 31 heavy (non-hydrogen) atoms.